The van der Waals surface area contributed by atoms with Crippen LogP contribution in [0.2, 0.25) is 0 Å². The topological polar surface area (TPSA) is 37.3 Å². The smallest absolute Gasteiger partial charge is 0.328 e. The van der Waals surface area contributed by atoms with Crippen LogP contribution in [0.25, 0.3) is 0 Å². The molecular weight excluding hydrogens is 332 g/mol. The van der Waals surface area contributed by atoms with Crippen LogP contribution in [0.5, 0.6) is 0 Å². The fraction of sp³-hybridized carbons (Fsp3) is 0.560. The Morgan fingerprint density at radius 1 is 1.00 bits per heavy atom. The summed E-state index contributed by atoms with van der Waals surface area (Å²) in [5.41, 5.74) is 5.87. The molecule has 2 aliphatic carbocycles. The van der Waals surface area contributed by atoms with Crippen LogP contribution in [0, 0.1) is 5.41 Å². The molecule has 1 fully saturated rings. The lowest BCUT2D eigenvalue weighted by atomic mass is 9.62. The molecule has 2 aliphatic rings. The van der Waals surface area contributed by atoms with Gasteiger partial charge in [0.2, 0.25) is 0 Å². The molecule has 0 amide bonds. The van der Waals surface area contributed by atoms with Gasteiger partial charge in [-0.3, -0.25) is 0 Å². The minimum atomic E-state index is -0.889. The standard InChI is InChI=1S/C25H34O2/c1-17(14-21(26)27)10-11-24(6)16-25(24,7)18-8-9-19-20(15-18)23(4,5)13-12-22(19,2)3/h8-11,14-15H,12-13,16H2,1-7H3,(H,26,27)/b11-10+,17-14+. The number of hydrogen-bond acceptors (Lipinski definition) is 1. The predicted octanol–water partition coefficient (Wildman–Crippen LogP) is 6.29. The van der Waals surface area contributed by atoms with E-state index in [0.717, 1.165) is 12.0 Å². The summed E-state index contributed by atoms with van der Waals surface area (Å²) >= 11 is 0. The molecule has 146 valence electrons. The number of fused-ring (bicyclic) bond motifs is 1. The molecule has 2 nitrogen and oxygen atoms in total. The lowest BCUT2D eigenvalue weighted by Gasteiger charge is -2.42. The van der Waals surface area contributed by atoms with E-state index in [4.69, 9.17) is 5.11 Å². The molecule has 1 aromatic rings. The zero-order valence-electron chi connectivity index (χ0n) is 17.9. The van der Waals surface area contributed by atoms with E-state index in [0.29, 0.717) is 0 Å². The average Bonchev–Trinajstić information content (AvgIpc) is 3.13. The fourth-order valence-corrected chi connectivity index (χ4v) is 4.86. The molecule has 2 atom stereocenters. The van der Waals surface area contributed by atoms with Crippen molar-refractivity contribution in [3.8, 4) is 0 Å². The maximum Gasteiger partial charge on any atom is 0.328 e. The molecular formula is C25H34O2. The van der Waals surface area contributed by atoms with Gasteiger partial charge in [0, 0.05) is 11.5 Å². The highest BCUT2D eigenvalue weighted by atomic mass is 16.4. The molecule has 0 aromatic heterocycles. The van der Waals surface area contributed by atoms with Crippen molar-refractivity contribution in [3.63, 3.8) is 0 Å². The Morgan fingerprint density at radius 2 is 1.59 bits per heavy atom. The van der Waals surface area contributed by atoms with Crippen LogP contribution >= 0.6 is 0 Å². The van der Waals surface area contributed by atoms with Crippen molar-refractivity contribution in [1.29, 1.82) is 0 Å². The number of rotatable bonds is 4. The Hall–Kier alpha value is -1.83. The summed E-state index contributed by atoms with van der Waals surface area (Å²) in [6.45, 7) is 16.0. The summed E-state index contributed by atoms with van der Waals surface area (Å²) in [5, 5.41) is 8.90. The SMILES string of the molecule is CC(/C=C/C1(C)CC1(C)c1ccc2c(c1)C(C)(C)CCC2(C)C)=C\C(=O)O. The number of aliphatic carboxylic acids is 1. The molecule has 1 aromatic carbocycles. The summed E-state index contributed by atoms with van der Waals surface area (Å²) in [4.78, 5) is 10.8. The van der Waals surface area contributed by atoms with E-state index in [1.807, 2.05) is 13.0 Å². The largest absolute Gasteiger partial charge is 0.478 e. The second-order valence-corrected chi connectivity index (χ2v) is 10.5. The van der Waals surface area contributed by atoms with Crippen molar-refractivity contribution in [3.05, 3.63) is 58.7 Å². The molecule has 2 heteroatoms. The first-order valence-corrected chi connectivity index (χ1v) is 10.1. The Morgan fingerprint density at radius 3 is 2.19 bits per heavy atom. The van der Waals surface area contributed by atoms with Gasteiger partial charge in [0.1, 0.15) is 0 Å². The van der Waals surface area contributed by atoms with Gasteiger partial charge in [-0.15, -0.1) is 0 Å². The van der Waals surface area contributed by atoms with Crippen molar-refractivity contribution < 1.29 is 9.90 Å². The van der Waals surface area contributed by atoms with Gasteiger partial charge in [-0.1, -0.05) is 71.9 Å². The molecule has 27 heavy (non-hydrogen) atoms. The second kappa shape index (κ2) is 6.09. The highest BCUT2D eigenvalue weighted by molar-refractivity contribution is 5.81. The first-order valence-electron chi connectivity index (χ1n) is 10.1. The molecule has 0 radical (unpaired) electrons. The molecule has 0 bridgehead atoms. The number of allylic oxidation sites excluding steroid dienone is 3. The van der Waals surface area contributed by atoms with Gasteiger partial charge in [-0.25, -0.2) is 4.79 Å². The Bertz CT molecular complexity index is 840. The number of carboxylic acids is 1. The van der Waals surface area contributed by atoms with Gasteiger partial charge in [0.25, 0.3) is 0 Å². The van der Waals surface area contributed by atoms with E-state index in [2.05, 4.69) is 65.8 Å². The van der Waals surface area contributed by atoms with Crippen LogP contribution < -0.4 is 0 Å². The molecule has 0 spiro atoms. The van der Waals surface area contributed by atoms with E-state index in [1.54, 1.807) is 0 Å². The second-order valence-electron chi connectivity index (χ2n) is 10.5. The van der Waals surface area contributed by atoms with E-state index >= 15 is 0 Å². The fourth-order valence-electron chi connectivity index (χ4n) is 4.86. The number of benzene rings is 1. The molecule has 0 aliphatic heterocycles. The quantitative estimate of drug-likeness (QED) is 0.502. The number of hydrogen-bond donors (Lipinski definition) is 1. The van der Waals surface area contributed by atoms with Crippen LogP contribution in [-0.2, 0) is 21.0 Å². The first kappa shape index (κ1) is 19.9. The Labute approximate surface area is 164 Å². The molecule has 0 saturated heterocycles. The van der Waals surface area contributed by atoms with E-state index < -0.39 is 5.97 Å². The van der Waals surface area contributed by atoms with Crippen molar-refractivity contribution in [1.82, 2.24) is 0 Å². The molecule has 1 N–H and O–H groups in total. The first-order chi connectivity index (χ1) is 12.3. The van der Waals surface area contributed by atoms with Crippen LogP contribution in [0.4, 0.5) is 0 Å². The zero-order valence-corrected chi connectivity index (χ0v) is 17.9. The minimum absolute atomic E-state index is 0.0726. The summed E-state index contributed by atoms with van der Waals surface area (Å²) in [7, 11) is 0. The molecule has 0 heterocycles. The lowest BCUT2D eigenvalue weighted by molar-refractivity contribution is -0.131. The summed E-state index contributed by atoms with van der Waals surface area (Å²) in [6.07, 6.45) is 8.99. The van der Waals surface area contributed by atoms with Gasteiger partial charge in [0.15, 0.2) is 0 Å². The van der Waals surface area contributed by atoms with E-state index in [1.165, 1.54) is 35.6 Å². The average molecular weight is 367 g/mol. The molecule has 3 rings (SSSR count). The van der Waals surface area contributed by atoms with Crippen molar-refractivity contribution in [2.24, 2.45) is 5.41 Å². The summed E-state index contributed by atoms with van der Waals surface area (Å²) in [6, 6.07) is 7.17. The highest BCUT2D eigenvalue weighted by Crippen LogP contribution is 2.65. The lowest BCUT2D eigenvalue weighted by Crippen LogP contribution is -2.34. The van der Waals surface area contributed by atoms with Crippen molar-refractivity contribution in [2.75, 3.05) is 0 Å². The van der Waals surface area contributed by atoms with Crippen molar-refractivity contribution in [2.45, 2.75) is 84.0 Å². The van der Waals surface area contributed by atoms with Crippen LogP contribution in [-0.4, -0.2) is 11.1 Å². The van der Waals surface area contributed by atoms with Crippen LogP contribution in [0.15, 0.2) is 42.0 Å². The third-order valence-electron chi connectivity index (χ3n) is 7.41. The summed E-state index contributed by atoms with van der Waals surface area (Å²) < 4.78 is 0. The third-order valence-corrected chi connectivity index (χ3v) is 7.41. The zero-order chi connectivity index (χ0) is 20.3. The third kappa shape index (κ3) is 3.39. The molecule has 1 saturated carbocycles. The van der Waals surface area contributed by atoms with Gasteiger partial charge in [-0.2, -0.15) is 0 Å². The predicted molar refractivity (Wildman–Crippen MR) is 112 cm³/mol. The van der Waals surface area contributed by atoms with E-state index in [9.17, 15) is 4.79 Å². The van der Waals surface area contributed by atoms with Gasteiger partial charge in [-0.05, 0) is 64.7 Å². The van der Waals surface area contributed by atoms with Crippen LogP contribution in [0.1, 0.15) is 84.4 Å². The monoisotopic (exact) mass is 366 g/mol. The number of carbonyl (C=O) groups is 1. The minimum Gasteiger partial charge on any atom is -0.478 e. The molecule has 2 unspecified atom stereocenters. The van der Waals surface area contributed by atoms with Gasteiger partial charge in [0.05, 0.1) is 0 Å². The maximum atomic E-state index is 10.8. The Balaban J connectivity index is 1.94. The highest BCUT2D eigenvalue weighted by Gasteiger charge is 2.60. The Kier molecular flexibility index (Phi) is 4.49. The summed E-state index contributed by atoms with van der Waals surface area (Å²) in [5.74, 6) is -0.889. The van der Waals surface area contributed by atoms with Gasteiger partial charge >= 0.3 is 5.97 Å². The van der Waals surface area contributed by atoms with Gasteiger partial charge < -0.3 is 5.11 Å². The van der Waals surface area contributed by atoms with E-state index in [-0.39, 0.29) is 21.7 Å². The normalized spacial score (nSPS) is 31.6. The van der Waals surface area contributed by atoms with Crippen molar-refractivity contribution >= 4 is 5.97 Å². The van der Waals surface area contributed by atoms with Crippen LogP contribution in [0.3, 0.4) is 0 Å². The number of carboxylic acid groups (broad SMARTS) is 1. The maximum absolute atomic E-state index is 10.8.